The predicted molar refractivity (Wildman–Crippen MR) is 93.1 cm³/mol. The smallest absolute Gasteiger partial charge is 0.350 e. The zero-order chi connectivity index (χ0) is 20.7. The lowest BCUT2D eigenvalue weighted by molar-refractivity contribution is -0.159. The third-order valence-corrected chi connectivity index (χ3v) is 4.09. The minimum absolute atomic E-state index is 0.194. The molecule has 28 heavy (non-hydrogen) atoms. The lowest BCUT2D eigenvalue weighted by Gasteiger charge is -2.28. The monoisotopic (exact) mass is 396 g/mol. The SMILES string of the molecule is CC(C)(C)NC(=O)C1CCC(=O)N1c1ccc(-c2noc(C(F)(F)F)n2)cc1. The summed E-state index contributed by atoms with van der Waals surface area (Å²) >= 11 is 0. The fourth-order valence-electron chi connectivity index (χ4n) is 2.94. The number of hydrogen-bond donors (Lipinski definition) is 1. The van der Waals surface area contributed by atoms with E-state index in [1.165, 1.54) is 17.0 Å². The van der Waals surface area contributed by atoms with E-state index in [0.717, 1.165) is 0 Å². The summed E-state index contributed by atoms with van der Waals surface area (Å²) in [6.45, 7) is 5.54. The Labute approximate surface area is 158 Å². The Bertz CT molecular complexity index is 885. The number of aromatic nitrogens is 2. The minimum Gasteiger partial charge on any atom is -0.350 e. The first-order valence-electron chi connectivity index (χ1n) is 8.61. The van der Waals surface area contributed by atoms with E-state index in [1.54, 1.807) is 12.1 Å². The van der Waals surface area contributed by atoms with E-state index < -0.39 is 23.6 Å². The molecule has 1 aliphatic rings. The molecule has 0 aliphatic carbocycles. The average molecular weight is 396 g/mol. The van der Waals surface area contributed by atoms with Gasteiger partial charge in [-0.25, -0.2) is 0 Å². The topological polar surface area (TPSA) is 88.3 Å². The standard InChI is InChI=1S/C18H19F3N4O3/c1-17(2,3)23-15(27)12-8-9-13(26)25(12)11-6-4-10(5-7-11)14-22-16(28-24-14)18(19,20)21/h4-7,12H,8-9H2,1-3H3,(H,23,27). The second-order valence-corrected chi connectivity index (χ2v) is 7.53. The number of anilines is 1. The summed E-state index contributed by atoms with van der Waals surface area (Å²) in [5.74, 6) is -2.09. The Balaban J connectivity index is 1.82. The molecule has 10 heteroatoms. The highest BCUT2D eigenvalue weighted by molar-refractivity contribution is 6.04. The van der Waals surface area contributed by atoms with Crippen molar-refractivity contribution in [1.82, 2.24) is 15.5 Å². The van der Waals surface area contributed by atoms with Gasteiger partial charge in [0.25, 0.3) is 0 Å². The van der Waals surface area contributed by atoms with E-state index >= 15 is 0 Å². The number of amides is 2. The average Bonchev–Trinajstić information content (AvgIpc) is 3.20. The number of carbonyl (C=O) groups excluding carboxylic acids is 2. The van der Waals surface area contributed by atoms with E-state index in [0.29, 0.717) is 17.7 Å². The van der Waals surface area contributed by atoms with Crippen molar-refractivity contribution in [2.24, 2.45) is 0 Å². The molecule has 0 radical (unpaired) electrons. The molecule has 1 fully saturated rings. The van der Waals surface area contributed by atoms with E-state index in [4.69, 9.17) is 0 Å². The quantitative estimate of drug-likeness (QED) is 0.861. The van der Waals surface area contributed by atoms with Gasteiger partial charge in [-0.3, -0.25) is 14.5 Å². The van der Waals surface area contributed by atoms with Crippen LogP contribution in [0.25, 0.3) is 11.4 Å². The molecule has 1 atom stereocenters. The van der Waals surface area contributed by atoms with Gasteiger partial charge in [-0.2, -0.15) is 18.2 Å². The van der Waals surface area contributed by atoms with E-state index in [9.17, 15) is 22.8 Å². The normalized spacial score (nSPS) is 17.9. The predicted octanol–water partition coefficient (Wildman–Crippen LogP) is 3.17. The number of nitrogens with one attached hydrogen (secondary N) is 1. The van der Waals surface area contributed by atoms with Crippen molar-refractivity contribution >= 4 is 17.5 Å². The summed E-state index contributed by atoms with van der Waals surface area (Å²) in [5, 5.41) is 6.19. The van der Waals surface area contributed by atoms with Gasteiger partial charge in [0.1, 0.15) is 6.04 Å². The summed E-state index contributed by atoms with van der Waals surface area (Å²) in [5.41, 5.74) is 0.331. The van der Waals surface area contributed by atoms with Gasteiger partial charge < -0.3 is 9.84 Å². The first-order chi connectivity index (χ1) is 13.0. The largest absolute Gasteiger partial charge is 0.471 e. The van der Waals surface area contributed by atoms with Gasteiger partial charge in [0, 0.05) is 23.2 Å². The van der Waals surface area contributed by atoms with Gasteiger partial charge in [-0.15, -0.1) is 0 Å². The molecule has 7 nitrogen and oxygen atoms in total. The minimum atomic E-state index is -4.72. The maximum Gasteiger partial charge on any atom is 0.471 e. The molecule has 1 unspecified atom stereocenters. The molecule has 2 aromatic rings. The number of nitrogens with zero attached hydrogens (tertiary/aromatic N) is 3. The maximum atomic E-state index is 12.6. The molecular formula is C18H19F3N4O3. The van der Waals surface area contributed by atoms with Crippen LogP contribution >= 0.6 is 0 Å². The molecule has 3 rings (SSSR count). The van der Waals surface area contributed by atoms with Crippen LogP contribution in [-0.4, -0.2) is 33.5 Å². The van der Waals surface area contributed by atoms with Crippen LogP contribution in [0, 0.1) is 0 Å². The third-order valence-electron chi connectivity index (χ3n) is 4.09. The van der Waals surface area contributed by atoms with E-state index in [-0.39, 0.29) is 24.1 Å². The molecule has 150 valence electrons. The van der Waals surface area contributed by atoms with Gasteiger partial charge in [0.2, 0.25) is 17.6 Å². The molecule has 0 spiro atoms. The van der Waals surface area contributed by atoms with Crippen LogP contribution in [0.4, 0.5) is 18.9 Å². The first-order valence-corrected chi connectivity index (χ1v) is 8.61. The molecule has 1 aliphatic heterocycles. The Kier molecular flexibility index (Phi) is 4.90. The van der Waals surface area contributed by atoms with Crippen LogP contribution in [-0.2, 0) is 15.8 Å². The number of alkyl halides is 3. The number of benzene rings is 1. The Morgan fingerprint density at radius 3 is 2.39 bits per heavy atom. The van der Waals surface area contributed by atoms with E-state index in [1.807, 2.05) is 20.8 Å². The number of halogens is 3. The Morgan fingerprint density at radius 1 is 1.21 bits per heavy atom. The second kappa shape index (κ2) is 6.92. The molecule has 0 bridgehead atoms. The number of carbonyl (C=O) groups is 2. The van der Waals surface area contributed by atoms with Crippen molar-refractivity contribution in [2.45, 2.75) is 51.4 Å². The molecule has 0 saturated carbocycles. The van der Waals surface area contributed by atoms with Crippen molar-refractivity contribution in [3.05, 3.63) is 30.2 Å². The molecule has 2 amide bonds. The summed E-state index contributed by atoms with van der Waals surface area (Å²) < 4.78 is 42.0. The van der Waals surface area contributed by atoms with E-state index in [2.05, 4.69) is 20.0 Å². The molecule has 1 saturated heterocycles. The van der Waals surface area contributed by atoms with Crippen LogP contribution in [0.3, 0.4) is 0 Å². The Morgan fingerprint density at radius 2 is 1.86 bits per heavy atom. The van der Waals surface area contributed by atoms with Gasteiger partial charge in [0.05, 0.1) is 0 Å². The second-order valence-electron chi connectivity index (χ2n) is 7.53. The molecule has 1 N–H and O–H groups in total. The fraction of sp³-hybridized carbons (Fsp3) is 0.444. The van der Waals surface area contributed by atoms with Crippen molar-refractivity contribution in [2.75, 3.05) is 4.90 Å². The van der Waals surface area contributed by atoms with Crippen molar-refractivity contribution in [1.29, 1.82) is 0 Å². The zero-order valence-electron chi connectivity index (χ0n) is 15.5. The van der Waals surface area contributed by atoms with Crippen molar-refractivity contribution in [3.63, 3.8) is 0 Å². The van der Waals surface area contributed by atoms with Gasteiger partial charge in [0.15, 0.2) is 0 Å². The zero-order valence-corrected chi connectivity index (χ0v) is 15.5. The number of rotatable bonds is 3. The third kappa shape index (κ3) is 4.15. The highest BCUT2D eigenvalue weighted by atomic mass is 19.4. The highest BCUT2D eigenvalue weighted by Gasteiger charge is 2.39. The van der Waals surface area contributed by atoms with Gasteiger partial charge in [-0.05, 0) is 51.5 Å². The molecular weight excluding hydrogens is 377 g/mol. The van der Waals surface area contributed by atoms with Crippen LogP contribution < -0.4 is 10.2 Å². The van der Waals surface area contributed by atoms with Crippen molar-refractivity contribution < 1.29 is 27.3 Å². The van der Waals surface area contributed by atoms with Crippen molar-refractivity contribution in [3.8, 4) is 11.4 Å². The fourth-order valence-corrected chi connectivity index (χ4v) is 2.94. The highest BCUT2D eigenvalue weighted by Crippen LogP contribution is 2.31. The molecule has 1 aromatic heterocycles. The maximum absolute atomic E-state index is 12.6. The van der Waals surface area contributed by atoms with Crippen LogP contribution in [0.2, 0.25) is 0 Å². The molecule has 1 aromatic carbocycles. The Hall–Kier alpha value is -2.91. The first kappa shape index (κ1) is 19.8. The van der Waals surface area contributed by atoms with Gasteiger partial charge in [-0.1, -0.05) is 5.16 Å². The summed E-state index contributed by atoms with van der Waals surface area (Å²) in [7, 11) is 0. The summed E-state index contributed by atoms with van der Waals surface area (Å²) in [6.07, 6.45) is -4.09. The van der Waals surface area contributed by atoms with Crippen LogP contribution in [0.1, 0.15) is 39.5 Å². The summed E-state index contributed by atoms with van der Waals surface area (Å²) in [4.78, 5) is 29.6. The van der Waals surface area contributed by atoms with Crippen LogP contribution in [0.15, 0.2) is 28.8 Å². The van der Waals surface area contributed by atoms with Gasteiger partial charge >= 0.3 is 12.1 Å². The number of hydrogen-bond acceptors (Lipinski definition) is 5. The summed E-state index contributed by atoms with van der Waals surface area (Å²) in [6, 6.07) is 5.40. The lowest BCUT2D eigenvalue weighted by Crippen LogP contribution is -2.50. The lowest BCUT2D eigenvalue weighted by atomic mass is 10.1. The van der Waals surface area contributed by atoms with Crippen LogP contribution in [0.5, 0.6) is 0 Å². The molecule has 2 heterocycles.